The van der Waals surface area contributed by atoms with Crippen LogP contribution >= 0.6 is 0 Å². The van der Waals surface area contributed by atoms with Crippen molar-refractivity contribution in [2.75, 3.05) is 12.4 Å². The number of nitrogens with zero attached hydrogens (tertiary/aromatic N) is 1. The molecule has 1 heterocycles. The van der Waals surface area contributed by atoms with Crippen LogP contribution in [0.1, 0.15) is 20.7 Å². The number of carbonyl (C=O) groups is 2. The van der Waals surface area contributed by atoms with Crippen LogP contribution in [0.15, 0.2) is 42.7 Å². The van der Waals surface area contributed by atoms with Crippen molar-refractivity contribution in [2.24, 2.45) is 0 Å². The Hall–Kier alpha value is -2.89. The standard InChI is InChI=1S/C14H12N2O4/c1-20-11-8-15-7-10(12(11)14(18)19)13(17)16-9-5-3-2-4-6-9/h2-8H,1H3,(H,16,17)(H,18,19). The van der Waals surface area contributed by atoms with Crippen molar-refractivity contribution < 1.29 is 19.4 Å². The Kier molecular flexibility index (Phi) is 3.95. The predicted molar refractivity (Wildman–Crippen MR) is 72.1 cm³/mol. The fraction of sp³-hybridized carbons (Fsp3) is 0.0714. The van der Waals surface area contributed by atoms with E-state index in [1.54, 1.807) is 24.3 Å². The van der Waals surface area contributed by atoms with E-state index in [0.29, 0.717) is 5.69 Å². The van der Waals surface area contributed by atoms with Crippen LogP contribution in [0.25, 0.3) is 0 Å². The third kappa shape index (κ3) is 2.74. The molecule has 0 spiro atoms. The number of para-hydroxylation sites is 1. The molecule has 6 heteroatoms. The van der Waals surface area contributed by atoms with Gasteiger partial charge in [-0.2, -0.15) is 0 Å². The molecular formula is C14H12N2O4. The topological polar surface area (TPSA) is 88.5 Å². The first-order chi connectivity index (χ1) is 9.63. The molecule has 0 bridgehead atoms. The monoisotopic (exact) mass is 272 g/mol. The molecule has 0 radical (unpaired) electrons. The van der Waals surface area contributed by atoms with Crippen molar-refractivity contribution in [3.8, 4) is 5.75 Å². The third-order valence-electron chi connectivity index (χ3n) is 2.62. The maximum Gasteiger partial charge on any atom is 0.340 e. The van der Waals surface area contributed by atoms with Crippen molar-refractivity contribution in [3.63, 3.8) is 0 Å². The van der Waals surface area contributed by atoms with Crippen molar-refractivity contribution in [2.45, 2.75) is 0 Å². The van der Waals surface area contributed by atoms with Crippen LogP contribution in [0.2, 0.25) is 0 Å². The molecule has 0 aliphatic heterocycles. The lowest BCUT2D eigenvalue weighted by Gasteiger charge is -2.10. The maximum absolute atomic E-state index is 12.1. The number of aromatic nitrogens is 1. The zero-order valence-corrected chi connectivity index (χ0v) is 10.7. The number of aromatic carboxylic acids is 1. The van der Waals surface area contributed by atoms with Crippen LogP contribution in [0.3, 0.4) is 0 Å². The van der Waals surface area contributed by atoms with Gasteiger partial charge in [0.05, 0.1) is 18.9 Å². The van der Waals surface area contributed by atoms with Crippen LogP contribution in [0, 0.1) is 0 Å². The number of carboxylic acid groups (broad SMARTS) is 1. The first-order valence-corrected chi connectivity index (χ1v) is 5.75. The molecule has 6 nitrogen and oxygen atoms in total. The number of carbonyl (C=O) groups excluding carboxylic acids is 1. The molecule has 0 saturated heterocycles. The third-order valence-corrected chi connectivity index (χ3v) is 2.62. The van der Waals surface area contributed by atoms with Crippen molar-refractivity contribution in [1.82, 2.24) is 4.98 Å². The number of pyridine rings is 1. The van der Waals surface area contributed by atoms with Gasteiger partial charge in [0.2, 0.25) is 0 Å². The molecule has 20 heavy (non-hydrogen) atoms. The van der Waals surface area contributed by atoms with Crippen molar-refractivity contribution in [1.29, 1.82) is 0 Å². The second-order valence-electron chi connectivity index (χ2n) is 3.89. The van der Waals surface area contributed by atoms with E-state index in [2.05, 4.69) is 10.3 Å². The minimum Gasteiger partial charge on any atom is -0.494 e. The molecule has 1 aromatic heterocycles. The molecule has 0 fully saturated rings. The lowest BCUT2D eigenvalue weighted by Crippen LogP contribution is -2.17. The molecule has 0 aliphatic rings. The Morgan fingerprint density at radius 1 is 1.20 bits per heavy atom. The van der Waals surface area contributed by atoms with E-state index in [0.717, 1.165) is 0 Å². The summed E-state index contributed by atoms with van der Waals surface area (Å²) in [5.74, 6) is -1.76. The SMILES string of the molecule is COc1cncc(C(=O)Nc2ccccc2)c1C(=O)O. The highest BCUT2D eigenvalue weighted by Gasteiger charge is 2.21. The van der Waals surface area contributed by atoms with Crippen LogP contribution in [0.4, 0.5) is 5.69 Å². The van der Waals surface area contributed by atoms with Gasteiger partial charge < -0.3 is 15.2 Å². The molecule has 1 amide bonds. The fourth-order valence-corrected chi connectivity index (χ4v) is 1.71. The molecular weight excluding hydrogens is 260 g/mol. The second kappa shape index (κ2) is 5.83. The summed E-state index contributed by atoms with van der Waals surface area (Å²) in [6.45, 7) is 0. The zero-order chi connectivity index (χ0) is 14.5. The summed E-state index contributed by atoms with van der Waals surface area (Å²) >= 11 is 0. The quantitative estimate of drug-likeness (QED) is 0.889. The Morgan fingerprint density at radius 2 is 1.90 bits per heavy atom. The molecule has 1 aromatic carbocycles. The van der Waals surface area contributed by atoms with Gasteiger partial charge in [-0.15, -0.1) is 0 Å². The number of nitrogens with one attached hydrogen (secondary N) is 1. The molecule has 0 aliphatic carbocycles. The van der Waals surface area contributed by atoms with Crippen LogP contribution in [-0.2, 0) is 0 Å². The summed E-state index contributed by atoms with van der Waals surface area (Å²) in [6, 6.07) is 8.73. The minimum atomic E-state index is -1.25. The zero-order valence-electron chi connectivity index (χ0n) is 10.7. The lowest BCUT2D eigenvalue weighted by atomic mass is 10.1. The summed E-state index contributed by atoms with van der Waals surface area (Å²) in [6.07, 6.45) is 2.45. The van der Waals surface area contributed by atoms with E-state index in [9.17, 15) is 14.7 Å². The summed E-state index contributed by atoms with van der Waals surface area (Å²) in [5, 5.41) is 11.8. The van der Waals surface area contributed by atoms with Crippen molar-refractivity contribution in [3.05, 3.63) is 53.9 Å². The van der Waals surface area contributed by atoms with Gasteiger partial charge >= 0.3 is 5.97 Å². The summed E-state index contributed by atoms with van der Waals surface area (Å²) in [7, 11) is 1.32. The number of amides is 1. The van der Waals surface area contributed by atoms with E-state index in [1.165, 1.54) is 19.5 Å². The van der Waals surface area contributed by atoms with E-state index in [-0.39, 0.29) is 16.9 Å². The Bertz CT molecular complexity index is 641. The minimum absolute atomic E-state index is 0.0400. The Balaban J connectivity index is 2.37. The molecule has 2 rings (SSSR count). The van der Waals surface area contributed by atoms with E-state index >= 15 is 0 Å². The van der Waals surface area contributed by atoms with Crippen molar-refractivity contribution >= 4 is 17.6 Å². The highest BCUT2D eigenvalue weighted by Crippen LogP contribution is 2.21. The number of hydrogen-bond donors (Lipinski definition) is 2. The van der Waals surface area contributed by atoms with Gasteiger partial charge in [0.15, 0.2) is 5.75 Å². The number of ether oxygens (including phenoxy) is 1. The van der Waals surface area contributed by atoms with Gasteiger partial charge in [0.1, 0.15) is 5.56 Å². The normalized spacial score (nSPS) is 9.85. The van der Waals surface area contributed by atoms with E-state index in [4.69, 9.17) is 4.74 Å². The molecule has 0 saturated carbocycles. The van der Waals surface area contributed by atoms with Gasteiger partial charge in [-0.3, -0.25) is 9.78 Å². The second-order valence-corrected chi connectivity index (χ2v) is 3.89. The average molecular weight is 272 g/mol. The number of benzene rings is 1. The summed E-state index contributed by atoms with van der Waals surface area (Å²) in [4.78, 5) is 27.2. The molecule has 0 unspecified atom stereocenters. The number of anilines is 1. The molecule has 102 valence electrons. The van der Waals surface area contributed by atoms with Crippen LogP contribution in [0.5, 0.6) is 5.75 Å². The lowest BCUT2D eigenvalue weighted by molar-refractivity contribution is 0.0688. The number of hydrogen-bond acceptors (Lipinski definition) is 4. The first-order valence-electron chi connectivity index (χ1n) is 5.75. The van der Waals surface area contributed by atoms with Gasteiger partial charge in [-0.25, -0.2) is 4.79 Å². The highest BCUT2D eigenvalue weighted by atomic mass is 16.5. The maximum atomic E-state index is 12.1. The molecule has 2 aromatic rings. The summed E-state index contributed by atoms with van der Waals surface area (Å²) < 4.78 is 4.92. The largest absolute Gasteiger partial charge is 0.494 e. The predicted octanol–water partition coefficient (Wildman–Crippen LogP) is 2.04. The van der Waals surface area contributed by atoms with Gasteiger partial charge in [0, 0.05) is 11.9 Å². The Labute approximate surface area is 115 Å². The van der Waals surface area contributed by atoms with Gasteiger partial charge in [-0.1, -0.05) is 18.2 Å². The van der Waals surface area contributed by atoms with Crippen LogP contribution < -0.4 is 10.1 Å². The first kappa shape index (κ1) is 13.5. The molecule has 0 atom stereocenters. The summed E-state index contributed by atoms with van der Waals surface area (Å²) in [5.41, 5.74) is 0.299. The number of carboxylic acids is 1. The molecule has 2 N–H and O–H groups in total. The van der Waals surface area contributed by atoms with Gasteiger partial charge in [-0.05, 0) is 12.1 Å². The fourth-order valence-electron chi connectivity index (χ4n) is 1.71. The van der Waals surface area contributed by atoms with Crippen LogP contribution in [-0.4, -0.2) is 29.1 Å². The van der Waals surface area contributed by atoms with Gasteiger partial charge in [0.25, 0.3) is 5.91 Å². The Morgan fingerprint density at radius 3 is 2.50 bits per heavy atom. The smallest absolute Gasteiger partial charge is 0.340 e. The number of methoxy groups -OCH3 is 1. The van der Waals surface area contributed by atoms with E-state index in [1.807, 2.05) is 6.07 Å². The average Bonchev–Trinajstić information content (AvgIpc) is 2.47. The number of rotatable bonds is 4. The highest BCUT2D eigenvalue weighted by molar-refractivity contribution is 6.11. The van der Waals surface area contributed by atoms with E-state index < -0.39 is 11.9 Å².